The minimum atomic E-state index is -0.781. The van der Waals surface area contributed by atoms with E-state index < -0.39 is 7.92 Å². The van der Waals surface area contributed by atoms with Crippen molar-refractivity contribution in [2.75, 3.05) is 0 Å². The van der Waals surface area contributed by atoms with E-state index in [1.54, 1.807) is 0 Å². The second kappa shape index (κ2) is 10.3. The largest absolute Gasteiger partial charge is 0.467 e. The quantitative estimate of drug-likeness (QED) is 0.246. The fourth-order valence-corrected chi connectivity index (χ4v) is 7.21. The lowest BCUT2D eigenvalue weighted by Crippen LogP contribution is -2.25. The molecule has 6 rings (SSSR count). The Kier molecular flexibility index (Phi) is 6.44. The van der Waals surface area contributed by atoms with Gasteiger partial charge in [0.05, 0.1) is 0 Å². The van der Waals surface area contributed by atoms with E-state index in [0.717, 1.165) is 16.7 Å². The van der Waals surface area contributed by atoms with E-state index in [1.165, 1.54) is 15.9 Å². The molecule has 0 N–H and O–H groups in total. The summed E-state index contributed by atoms with van der Waals surface area (Å²) in [5.41, 5.74) is 3.36. The molecule has 5 aromatic rings. The van der Waals surface area contributed by atoms with E-state index in [2.05, 4.69) is 133 Å². The molecule has 0 spiro atoms. The maximum Gasteiger partial charge on any atom is 0.218 e. The highest BCUT2D eigenvalue weighted by atomic mass is 31.1. The lowest BCUT2D eigenvalue weighted by Gasteiger charge is -2.22. The van der Waals surface area contributed by atoms with Crippen LogP contribution in [0.2, 0.25) is 0 Å². The van der Waals surface area contributed by atoms with Gasteiger partial charge in [-0.2, -0.15) is 0 Å². The topological polar surface area (TPSA) is 21.6 Å². The van der Waals surface area contributed by atoms with Crippen molar-refractivity contribution in [3.63, 3.8) is 0 Å². The Balaban J connectivity index is 1.48. The van der Waals surface area contributed by atoms with E-state index in [4.69, 9.17) is 9.73 Å². The average Bonchev–Trinajstić information content (AvgIpc) is 3.41. The van der Waals surface area contributed by atoms with Crippen LogP contribution in [-0.4, -0.2) is 5.90 Å². The van der Waals surface area contributed by atoms with Crippen LogP contribution in [0.3, 0.4) is 0 Å². The number of benzene rings is 5. The molecule has 3 heteroatoms. The van der Waals surface area contributed by atoms with Crippen LogP contribution in [-0.2, 0) is 4.74 Å². The Hall–Kier alpha value is -4.00. The van der Waals surface area contributed by atoms with Crippen molar-refractivity contribution in [3.8, 4) is 0 Å². The molecule has 0 bridgehead atoms. The van der Waals surface area contributed by atoms with Crippen molar-refractivity contribution in [3.05, 3.63) is 162 Å². The van der Waals surface area contributed by atoms with Crippen molar-refractivity contribution in [1.29, 1.82) is 0 Å². The second-order valence-electron chi connectivity index (χ2n) is 8.76. The zero-order valence-corrected chi connectivity index (χ0v) is 20.7. The molecule has 0 amide bonds. The standard InChI is InChI=1S/C33H26NOP/c1-5-15-25(16-6-1)31-32(26-17-7-2-8-18-26)35-33(34-31)29-23-13-14-24-30(29)36(27-19-9-3-10-20-27)28-21-11-4-12-22-28/h1-24,31-32H/t31-,32-/m0/s1. The van der Waals surface area contributed by atoms with Crippen LogP contribution >= 0.6 is 7.92 Å². The first kappa shape index (κ1) is 22.5. The molecule has 5 aromatic carbocycles. The van der Waals surface area contributed by atoms with Crippen molar-refractivity contribution in [2.45, 2.75) is 12.1 Å². The Labute approximate surface area is 213 Å². The van der Waals surface area contributed by atoms with Gasteiger partial charge < -0.3 is 4.74 Å². The van der Waals surface area contributed by atoms with Gasteiger partial charge >= 0.3 is 0 Å². The maximum absolute atomic E-state index is 6.72. The zero-order valence-electron chi connectivity index (χ0n) is 19.8. The molecule has 0 aromatic heterocycles. The minimum absolute atomic E-state index is 0.101. The van der Waals surface area contributed by atoms with Crippen molar-refractivity contribution in [2.24, 2.45) is 4.99 Å². The van der Waals surface area contributed by atoms with Gasteiger partial charge in [-0.25, -0.2) is 4.99 Å². The highest BCUT2D eigenvalue weighted by Gasteiger charge is 2.35. The second-order valence-corrected chi connectivity index (χ2v) is 10.9. The molecule has 0 unspecified atom stereocenters. The van der Waals surface area contributed by atoms with Gasteiger partial charge in [-0.15, -0.1) is 0 Å². The molecule has 0 aliphatic carbocycles. The number of nitrogens with zero attached hydrogens (tertiary/aromatic N) is 1. The summed E-state index contributed by atoms with van der Waals surface area (Å²) in [5.74, 6) is 0.715. The molecule has 2 atom stereocenters. The van der Waals surface area contributed by atoms with Crippen LogP contribution in [0.1, 0.15) is 28.8 Å². The number of aliphatic imine (C=N–C) groups is 1. The van der Waals surface area contributed by atoms with E-state index in [0.29, 0.717) is 5.90 Å². The van der Waals surface area contributed by atoms with E-state index in [9.17, 15) is 0 Å². The van der Waals surface area contributed by atoms with Crippen molar-refractivity contribution < 1.29 is 4.74 Å². The Morgan fingerprint density at radius 3 is 1.56 bits per heavy atom. The predicted molar refractivity (Wildman–Crippen MR) is 151 cm³/mol. The number of ether oxygens (including phenoxy) is 1. The fourth-order valence-electron chi connectivity index (χ4n) is 4.77. The molecule has 36 heavy (non-hydrogen) atoms. The lowest BCUT2D eigenvalue weighted by molar-refractivity contribution is 0.197. The summed E-state index contributed by atoms with van der Waals surface area (Å²) in [6.07, 6.45) is -0.170. The molecule has 1 aliphatic rings. The molecule has 0 saturated heterocycles. The van der Waals surface area contributed by atoms with Gasteiger partial charge in [0, 0.05) is 5.56 Å². The third kappa shape index (κ3) is 4.49. The van der Waals surface area contributed by atoms with Gasteiger partial charge in [-0.3, -0.25) is 0 Å². The molecular formula is C33H26NOP. The van der Waals surface area contributed by atoms with Crippen LogP contribution in [0.15, 0.2) is 151 Å². The van der Waals surface area contributed by atoms with Crippen LogP contribution in [0.4, 0.5) is 0 Å². The fraction of sp³-hybridized carbons (Fsp3) is 0.0606. The molecule has 1 heterocycles. The Morgan fingerprint density at radius 1 is 0.500 bits per heavy atom. The summed E-state index contributed by atoms with van der Waals surface area (Å²) in [6.45, 7) is 0. The first-order valence-corrected chi connectivity index (χ1v) is 13.6. The lowest BCUT2D eigenvalue weighted by atomic mass is 9.97. The highest BCUT2D eigenvalue weighted by molar-refractivity contribution is 7.80. The maximum atomic E-state index is 6.72. The van der Waals surface area contributed by atoms with Gasteiger partial charge in [0.1, 0.15) is 6.04 Å². The molecule has 0 saturated carbocycles. The number of rotatable bonds is 6. The van der Waals surface area contributed by atoms with Gasteiger partial charge in [-0.05, 0) is 41.0 Å². The molecular weight excluding hydrogens is 457 g/mol. The minimum Gasteiger partial charge on any atom is -0.467 e. The van der Waals surface area contributed by atoms with Crippen LogP contribution in [0, 0.1) is 0 Å². The predicted octanol–water partition coefficient (Wildman–Crippen LogP) is 6.70. The summed E-state index contributed by atoms with van der Waals surface area (Å²) in [5, 5.41) is 3.87. The molecule has 2 nitrogen and oxygen atoms in total. The molecule has 0 fully saturated rings. The summed E-state index contributed by atoms with van der Waals surface area (Å²) in [7, 11) is -0.781. The smallest absolute Gasteiger partial charge is 0.218 e. The summed E-state index contributed by atoms with van der Waals surface area (Å²) in [4.78, 5) is 5.22. The number of hydrogen-bond acceptors (Lipinski definition) is 2. The highest BCUT2D eigenvalue weighted by Crippen LogP contribution is 2.42. The SMILES string of the molecule is c1ccc([C@@H]2N=C(c3ccccc3P(c3ccccc3)c3ccccc3)O[C@H]2c2ccccc2)cc1. The van der Waals surface area contributed by atoms with Crippen LogP contribution in [0.5, 0.6) is 0 Å². The summed E-state index contributed by atoms with van der Waals surface area (Å²) >= 11 is 0. The first-order chi connectivity index (χ1) is 17.9. The summed E-state index contributed by atoms with van der Waals surface area (Å²) < 4.78 is 6.72. The normalized spacial score (nSPS) is 17.0. The number of hydrogen-bond donors (Lipinski definition) is 0. The van der Waals surface area contributed by atoms with Crippen molar-refractivity contribution >= 4 is 29.7 Å². The molecule has 1 aliphatic heterocycles. The third-order valence-corrected chi connectivity index (χ3v) is 8.96. The Morgan fingerprint density at radius 2 is 0.972 bits per heavy atom. The zero-order chi connectivity index (χ0) is 24.2. The van der Waals surface area contributed by atoms with E-state index in [1.807, 2.05) is 12.1 Å². The average molecular weight is 484 g/mol. The van der Waals surface area contributed by atoms with E-state index in [-0.39, 0.29) is 12.1 Å². The van der Waals surface area contributed by atoms with Gasteiger partial charge in [0.2, 0.25) is 5.90 Å². The molecule has 0 radical (unpaired) electrons. The van der Waals surface area contributed by atoms with Gasteiger partial charge in [0.15, 0.2) is 6.10 Å². The van der Waals surface area contributed by atoms with Gasteiger partial charge in [0.25, 0.3) is 0 Å². The van der Waals surface area contributed by atoms with Crippen LogP contribution in [0.25, 0.3) is 0 Å². The third-order valence-electron chi connectivity index (χ3n) is 6.46. The Bertz CT molecular complexity index is 1410. The summed E-state index contributed by atoms with van der Waals surface area (Å²) in [6, 6.07) is 51.0. The van der Waals surface area contributed by atoms with Crippen molar-refractivity contribution in [1.82, 2.24) is 0 Å². The van der Waals surface area contributed by atoms with Gasteiger partial charge in [-0.1, -0.05) is 140 Å². The van der Waals surface area contributed by atoms with Crippen LogP contribution < -0.4 is 15.9 Å². The first-order valence-electron chi connectivity index (χ1n) is 12.2. The molecule has 174 valence electrons. The monoisotopic (exact) mass is 483 g/mol. The van der Waals surface area contributed by atoms with E-state index >= 15 is 0 Å².